The number of carbonyl (C=O) groups is 2. The Morgan fingerprint density at radius 3 is 2.44 bits per heavy atom. The Kier molecular flexibility index (Phi) is 5.53. The fraction of sp³-hybridized carbons (Fsp3) is 0.294. The lowest BCUT2D eigenvalue weighted by Crippen LogP contribution is -2.47. The molecule has 0 spiro atoms. The molecule has 0 aliphatic heterocycles. The number of aliphatic carboxylic acids is 1. The van der Waals surface area contributed by atoms with E-state index in [-0.39, 0.29) is 19.5 Å². The Morgan fingerprint density at radius 1 is 1.20 bits per heavy atom. The number of aromatic nitrogens is 2. The summed E-state index contributed by atoms with van der Waals surface area (Å²) >= 11 is 0. The van der Waals surface area contributed by atoms with Crippen molar-refractivity contribution < 1.29 is 14.7 Å². The van der Waals surface area contributed by atoms with Crippen LogP contribution in [-0.4, -0.2) is 33.1 Å². The van der Waals surface area contributed by atoms with E-state index in [1.807, 2.05) is 4.98 Å². The first-order chi connectivity index (χ1) is 11.9. The third-order valence-corrected chi connectivity index (χ3v) is 4.14. The number of carbonyl (C=O) groups excluding carboxylic acids is 1. The van der Waals surface area contributed by atoms with Crippen molar-refractivity contribution in [1.82, 2.24) is 14.9 Å². The van der Waals surface area contributed by atoms with Gasteiger partial charge in [0.05, 0.1) is 0 Å². The van der Waals surface area contributed by atoms with E-state index in [0.717, 1.165) is 10.6 Å². The molecular weight excluding hydrogens is 326 g/mol. The molecule has 0 saturated carbocycles. The van der Waals surface area contributed by atoms with Gasteiger partial charge in [0.1, 0.15) is 12.0 Å². The highest BCUT2D eigenvalue weighted by Gasteiger charge is 2.38. The highest BCUT2D eigenvalue weighted by molar-refractivity contribution is 5.83. The molecule has 0 bridgehead atoms. The molecule has 8 nitrogen and oxygen atoms in total. The van der Waals surface area contributed by atoms with Crippen LogP contribution in [0.15, 0.2) is 52.2 Å². The van der Waals surface area contributed by atoms with Crippen molar-refractivity contribution >= 4 is 11.9 Å². The number of amides is 1. The minimum atomic E-state index is -1.26. The molecule has 132 valence electrons. The number of carboxylic acid groups (broad SMARTS) is 1. The van der Waals surface area contributed by atoms with Gasteiger partial charge >= 0.3 is 11.7 Å². The molecule has 0 radical (unpaired) electrons. The van der Waals surface area contributed by atoms with Gasteiger partial charge in [0.25, 0.3) is 5.56 Å². The van der Waals surface area contributed by atoms with Crippen molar-refractivity contribution in [2.75, 3.05) is 6.54 Å². The van der Waals surface area contributed by atoms with Crippen LogP contribution in [-0.2, 0) is 21.5 Å². The monoisotopic (exact) mass is 345 g/mol. The molecule has 0 saturated heterocycles. The van der Waals surface area contributed by atoms with Crippen molar-refractivity contribution in [2.45, 2.75) is 25.3 Å². The van der Waals surface area contributed by atoms with E-state index in [2.05, 4.69) is 5.32 Å². The Hall–Kier alpha value is -3.16. The van der Waals surface area contributed by atoms with Crippen molar-refractivity contribution in [1.29, 1.82) is 0 Å². The molecule has 8 heteroatoms. The topological polar surface area (TPSA) is 121 Å². The quantitative estimate of drug-likeness (QED) is 0.656. The van der Waals surface area contributed by atoms with Crippen LogP contribution in [0.2, 0.25) is 0 Å². The first-order valence-electron chi connectivity index (χ1n) is 7.74. The van der Waals surface area contributed by atoms with Gasteiger partial charge in [-0.15, -0.1) is 0 Å². The average molecular weight is 345 g/mol. The van der Waals surface area contributed by atoms with E-state index in [9.17, 15) is 24.3 Å². The fourth-order valence-corrected chi connectivity index (χ4v) is 2.57. The molecule has 3 N–H and O–H groups in total. The number of nitrogens with one attached hydrogen (secondary N) is 2. The van der Waals surface area contributed by atoms with Gasteiger partial charge in [-0.1, -0.05) is 37.3 Å². The van der Waals surface area contributed by atoms with Gasteiger partial charge in [-0.2, -0.15) is 0 Å². The number of benzene rings is 1. The summed E-state index contributed by atoms with van der Waals surface area (Å²) in [6, 6.07) is 9.81. The maximum absolute atomic E-state index is 12.1. The molecule has 1 amide bonds. The number of carboxylic acids is 1. The van der Waals surface area contributed by atoms with Crippen LogP contribution in [0.3, 0.4) is 0 Å². The van der Waals surface area contributed by atoms with E-state index >= 15 is 0 Å². The summed E-state index contributed by atoms with van der Waals surface area (Å²) in [5.74, 6) is -1.56. The van der Waals surface area contributed by atoms with Crippen LogP contribution in [0, 0.1) is 0 Å². The van der Waals surface area contributed by atoms with E-state index in [4.69, 9.17) is 0 Å². The Morgan fingerprint density at radius 2 is 1.88 bits per heavy atom. The van der Waals surface area contributed by atoms with Crippen LogP contribution >= 0.6 is 0 Å². The second-order valence-corrected chi connectivity index (χ2v) is 5.62. The largest absolute Gasteiger partial charge is 0.481 e. The van der Waals surface area contributed by atoms with Gasteiger partial charge in [0.2, 0.25) is 5.91 Å². The zero-order valence-corrected chi connectivity index (χ0v) is 13.7. The SMILES string of the molecule is CCC(CNC(=O)Cn1ccc(=O)[nH]c1=O)(C(=O)O)c1ccccc1. The van der Waals surface area contributed by atoms with Crippen LogP contribution in [0.1, 0.15) is 18.9 Å². The minimum absolute atomic E-state index is 0.111. The summed E-state index contributed by atoms with van der Waals surface area (Å²) in [6.45, 7) is 1.31. The highest BCUT2D eigenvalue weighted by atomic mass is 16.4. The molecule has 0 fully saturated rings. The summed E-state index contributed by atoms with van der Waals surface area (Å²) in [4.78, 5) is 48.6. The van der Waals surface area contributed by atoms with Crippen LogP contribution in [0.25, 0.3) is 0 Å². The second kappa shape index (κ2) is 7.61. The lowest BCUT2D eigenvalue weighted by molar-refractivity contribution is -0.144. The molecule has 1 atom stereocenters. The Balaban J connectivity index is 2.15. The smallest absolute Gasteiger partial charge is 0.328 e. The zero-order chi connectivity index (χ0) is 18.4. The maximum Gasteiger partial charge on any atom is 0.328 e. The molecule has 2 rings (SSSR count). The second-order valence-electron chi connectivity index (χ2n) is 5.62. The molecule has 0 aliphatic carbocycles. The van der Waals surface area contributed by atoms with Crippen molar-refractivity contribution in [3.8, 4) is 0 Å². The van der Waals surface area contributed by atoms with E-state index < -0.39 is 28.5 Å². The standard InChI is InChI=1S/C17H19N3O5/c1-2-17(15(23)24,12-6-4-3-5-7-12)11-18-14(22)10-20-9-8-13(21)19-16(20)25/h3-9H,2,10-11H2,1H3,(H,18,22)(H,23,24)(H,19,21,25). The number of hydrogen-bond donors (Lipinski definition) is 3. The van der Waals surface area contributed by atoms with Gasteiger partial charge in [0, 0.05) is 18.8 Å². The third kappa shape index (κ3) is 4.03. The van der Waals surface area contributed by atoms with E-state index in [0.29, 0.717) is 5.56 Å². The number of nitrogens with zero attached hydrogens (tertiary/aromatic N) is 1. The lowest BCUT2D eigenvalue weighted by atomic mass is 9.78. The number of rotatable bonds is 7. The molecule has 25 heavy (non-hydrogen) atoms. The van der Waals surface area contributed by atoms with Gasteiger partial charge in [-0.05, 0) is 12.0 Å². The normalized spacial score (nSPS) is 13.0. The number of H-pyrrole nitrogens is 1. The summed E-state index contributed by atoms with van der Waals surface area (Å²) in [6.07, 6.45) is 1.49. The number of hydrogen-bond acceptors (Lipinski definition) is 4. The lowest BCUT2D eigenvalue weighted by Gasteiger charge is -2.29. The number of aromatic amines is 1. The molecule has 0 aliphatic rings. The van der Waals surface area contributed by atoms with E-state index in [1.54, 1.807) is 37.3 Å². The first kappa shape index (κ1) is 18.2. The van der Waals surface area contributed by atoms with E-state index in [1.165, 1.54) is 6.20 Å². The minimum Gasteiger partial charge on any atom is -0.481 e. The van der Waals surface area contributed by atoms with Gasteiger partial charge < -0.3 is 10.4 Å². The third-order valence-electron chi connectivity index (χ3n) is 4.14. The molecule has 1 heterocycles. The fourth-order valence-electron chi connectivity index (χ4n) is 2.57. The predicted molar refractivity (Wildman–Crippen MR) is 90.4 cm³/mol. The first-order valence-corrected chi connectivity index (χ1v) is 7.74. The highest BCUT2D eigenvalue weighted by Crippen LogP contribution is 2.27. The molecular formula is C17H19N3O5. The van der Waals surface area contributed by atoms with Crippen LogP contribution < -0.4 is 16.6 Å². The molecule has 1 unspecified atom stereocenters. The van der Waals surface area contributed by atoms with Crippen LogP contribution in [0.5, 0.6) is 0 Å². The summed E-state index contributed by atoms with van der Waals surface area (Å²) < 4.78 is 1.04. The Bertz CT molecular complexity index is 872. The van der Waals surface area contributed by atoms with Gasteiger partial charge in [-0.3, -0.25) is 23.9 Å². The van der Waals surface area contributed by atoms with Crippen molar-refractivity contribution in [3.63, 3.8) is 0 Å². The summed E-state index contributed by atoms with van der Waals surface area (Å²) in [5, 5.41) is 12.3. The summed E-state index contributed by atoms with van der Waals surface area (Å²) in [7, 11) is 0. The van der Waals surface area contributed by atoms with Gasteiger partial charge in [0.15, 0.2) is 0 Å². The van der Waals surface area contributed by atoms with Crippen molar-refractivity contribution in [3.05, 3.63) is 69.0 Å². The Labute approximate surface area is 143 Å². The van der Waals surface area contributed by atoms with Gasteiger partial charge in [-0.25, -0.2) is 4.79 Å². The predicted octanol–water partition coefficient (Wildman–Crippen LogP) is 0.0854. The summed E-state index contributed by atoms with van der Waals surface area (Å²) in [5.41, 5.74) is -1.92. The van der Waals surface area contributed by atoms with Crippen molar-refractivity contribution in [2.24, 2.45) is 0 Å². The van der Waals surface area contributed by atoms with Crippen LogP contribution in [0.4, 0.5) is 0 Å². The average Bonchev–Trinajstić information content (AvgIpc) is 2.59. The zero-order valence-electron chi connectivity index (χ0n) is 13.7. The molecule has 1 aromatic carbocycles. The molecule has 2 aromatic rings. The maximum atomic E-state index is 12.1. The molecule has 1 aromatic heterocycles.